The summed E-state index contributed by atoms with van der Waals surface area (Å²) in [6.45, 7) is 4.99. The standard InChI is InChI=1S/C31H43N3O3/c1-19-13-22(21-7-5-8-21)14-20(2)16-25(15-19)33-23-9-6-10-24(33)18-26(17-23)34-28-12-4-3-11-27(28)32-29(30(34)35)31(36)37/h3-4,11-12,19-26H,5-10,13-18H2,1-2H3,(H,36,37)/t19-,20+,22?,23-,24+,25-,26+. The Hall–Kier alpha value is -2.21. The number of carboxylic acids is 1. The Labute approximate surface area is 220 Å². The van der Waals surface area contributed by atoms with Gasteiger partial charge in [0.15, 0.2) is 0 Å². The minimum atomic E-state index is -1.24. The molecule has 0 radical (unpaired) electrons. The lowest BCUT2D eigenvalue weighted by molar-refractivity contribution is -0.0376. The number of aromatic carboxylic acids is 1. The molecule has 6 nitrogen and oxygen atoms in total. The maximum atomic E-state index is 13.4. The topological polar surface area (TPSA) is 75.4 Å². The van der Waals surface area contributed by atoms with E-state index in [0.29, 0.717) is 23.6 Å². The van der Waals surface area contributed by atoms with E-state index in [-0.39, 0.29) is 11.7 Å². The molecule has 3 heterocycles. The summed E-state index contributed by atoms with van der Waals surface area (Å²) in [5, 5.41) is 9.71. The molecule has 2 aromatic rings. The van der Waals surface area contributed by atoms with Crippen LogP contribution >= 0.6 is 0 Å². The van der Waals surface area contributed by atoms with E-state index < -0.39 is 11.5 Å². The van der Waals surface area contributed by atoms with Gasteiger partial charge in [-0.25, -0.2) is 9.78 Å². The van der Waals surface area contributed by atoms with E-state index >= 15 is 0 Å². The molecule has 2 aliphatic heterocycles. The maximum absolute atomic E-state index is 13.4. The van der Waals surface area contributed by atoms with Crippen LogP contribution in [0.25, 0.3) is 11.0 Å². The molecule has 2 aliphatic carbocycles. The predicted molar refractivity (Wildman–Crippen MR) is 146 cm³/mol. The Morgan fingerprint density at radius 1 is 0.811 bits per heavy atom. The highest BCUT2D eigenvalue weighted by Crippen LogP contribution is 2.46. The molecule has 1 aromatic carbocycles. The predicted octanol–water partition coefficient (Wildman–Crippen LogP) is 6.28. The molecule has 4 aliphatic rings. The maximum Gasteiger partial charge on any atom is 0.360 e. The smallest absolute Gasteiger partial charge is 0.360 e. The SMILES string of the molecule is C[C@@H]1CC(C2CCC2)C[C@H](C)C[C@H](N2[C@@H]3CCC[C@H]2C[C@@H](n2c(=O)c(C(=O)O)nc4ccccc42)C3)C1. The van der Waals surface area contributed by atoms with Crippen LogP contribution in [-0.2, 0) is 0 Å². The molecule has 2 bridgehead atoms. The third-order valence-corrected chi connectivity index (χ3v) is 10.4. The van der Waals surface area contributed by atoms with Gasteiger partial charge in [0.25, 0.3) is 5.56 Å². The molecule has 2 saturated heterocycles. The Bertz CT molecular complexity index is 1180. The minimum absolute atomic E-state index is 0.0245. The van der Waals surface area contributed by atoms with Crippen LogP contribution in [0.15, 0.2) is 29.1 Å². The number of carbonyl (C=O) groups is 1. The molecule has 200 valence electrons. The van der Waals surface area contributed by atoms with Crippen LogP contribution in [0.2, 0.25) is 0 Å². The van der Waals surface area contributed by atoms with Gasteiger partial charge in [0.05, 0.1) is 11.0 Å². The molecule has 1 unspecified atom stereocenters. The van der Waals surface area contributed by atoms with Crippen LogP contribution < -0.4 is 5.56 Å². The molecule has 6 rings (SSSR count). The number of benzene rings is 1. The Kier molecular flexibility index (Phi) is 6.89. The van der Waals surface area contributed by atoms with Crippen molar-refractivity contribution in [3.05, 3.63) is 40.3 Å². The lowest BCUT2D eigenvalue weighted by Gasteiger charge is -2.54. The first-order chi connectivity index (χ1) is 17.9. The first-order valence-electron chi connectivity index (χ1n) is 14.9. The second-order valence-corrected chi connectivity index (χ2v) is 13.0. The second-order valence-electron chi connectivity index (χ2n) is 13.0. The average Bonchev–Trinajstić information content (AvgIpc) is 2.80. The Balaban J connectivity index is 1.27. The zero-order valence-corrected chi connectivity index (χ0v) is 22.5. The van der Waals surface area contributed by atoms with Crippen LogP contribution in [0.5, 0.6) is 0 Å². The molecule has 0 spiro atoms. The van der Waals surface area contributed by atoms with Gasteiger partial charge in [-0.15, -0.1) is 0 Å². The lowest BCUT2D eigenvalue weighted by atomic mass is 9.67. The van der Waals surface area contributed by atoms with Crippen molar-refractivity contribution in [1.29, 1.82) is 0 Å². The summed E-state index contributed by atoms with van der Waals surface area (Å²) < 4.78 is 1.79. The van der Waals surface area contributed by atoms with E-state index in [2.05, 4.69) is 23.7 Å². The van der Waals surface area contributed by atoms with Crippen molar-refractivity contribution < 1.29 is 9.90 Å². The van der Waals surface area contributed by atoms with Gasteiger partial charge in [-0.1, -0.05) is 51.7 Å². The van der Waals surface area contributed by atoms with Crippen molar-refractivity contribution in [2.24, 2.45) is 23.7 Å². The number of aromatic nitrogens is 2. The van der Waals surface area contributed by atoms with E-state index in [0.717, 1.165) is 42.0 Å². The number of carboxylic acid groups (broad SMARTS) is 1. The summed E-state index contributed by atoms with van der Waals surface area (Å²) in [6.07, 6.45) is 15.2. The fraction of sp³-hybridized carbons (Fsp3) is 0.710. The largest absolute Gasteiger partial charge is 0.476 e. The van der Waals surface area contributed by atoms with Gasteiger partial charge in [0.1, 0.15) is 0 Å². The first kappa shape index (κ1) is 25.1. The summed E-state index contributed by atoms with van der Waals surface area (Å²) in [5.74, 6) is 2.22. The Morgan fingerprint density at radius 2 is 1.43 bits per heavy atom. The normalized spacial score (nSPS) is 35.5. The average molecular weight is 506 g/mol. The van der Waals surface area contributed by atoms with Crippen LogP contribution in [0.4, 0.5) is 0 Å². The van der Waals surface area contributed by atoms with Gasteiger partial charge in [-0.3, -0.25) is 9.69 Å². The first-order valence-corrected chi connectivity index (χ1v) is 14.9. The zero-order chi connectivity index (χ0) is 25.7. The van der Waals surface area contributed by atoms with Gasteiger partial charge in [0.2, 0.25) is 5.69 Å². The van der Waals surface area contributed by atoms with Gasteiger partial charge < -0.3 is 9.67 Å². The van der Waals surface area contributed by atoms with Crippen molar-refractivity contribution in [3.63, 3.8) is 0 Å². The molecule has 4 fully saturated rings. The molecule has 6 heteroatoms. The molecule has 1 aromatic heterocycles. The number of hydrogen-bond acceptors (Lipinski definition) is 4. The van der Waals surface area contributed by atoms with Gasteiger partial charge in [-0.05, 0) is 87.2 Å². The number of rotatable bonds is 4. The summed E-state index contributed by atoms with van der Waals surface area (Å²) in [5.41, 5.74) is 0.563. The van der Waals surface area contributed by atoms with E-state index in [1.165, 1.54) is 64.2 Å². The van der Waals surface area contributed by atoms with Crippen LogP contribution in [-0.4, -0.2) is 43.7 Å². The van der Waals surface area contributed by atoms with Crippen molar-refractivity contribution in [1.82, 2.24) is 14.5 Å². The summed E-state index contributed by atoms with van der Waals surface area (Å²) in [6, 6.07) is 9.12. The number of piperidine rings is 2. The van der Waals surface area contributed by atoms with Crippen molar-refractivity contribution >= 4 is 17.0 Å². The van der Waals surface area contributed by atoms with E-state index in [1.807, 2.05) is 24.3 Å². The van der Waals surface area contributed by atoms with Crippen molar-refractivity contribution in [2.75, 3.05) is 0 Å². The molecular weight excluding hydrogens is 462 g/mol. The lowest BCUT2D eigenvalue weighted by Crippen LogP contribution is -2.58. The van der Waals surface area contributed by atoms with E-state index in [9.17, 15) is 14.7 Å². The zero-order valence-electron chi connectivity index (χ0n) is 22.5. The summed E-state index contributed by atoms with van der Waals surface area (Å²) >= 11 is 0. The van der Waals surface area contributed by atoms with Crippen LogP contribution in [0.3, 0.4) is 0 Å². The number of nitrogens with zero attached hydrogens (tertiary/aromatic N) is 3. The second kappa shape index (κ2) is 10.2. The molecule has 1 N–H and O–H groups in total. The van der Waals surface area contributed by atoms with E-state index in [4.69, 9.17) is 0 Å². The number of hydrogen-bond donors (Lipinski definition) is 1. The minimum Gasteiger partial charge on any atom is -0.476 e. The highest BCUT2D eigenvalue weighted by atomic mass is 16.4. The van der Waals surface area contributed by atoms with Crippen LogP contribution in [0, 0.1) is 23.7 Å². The fourth-order valence-corrected chi connectivity index (χ4v) is 8.74. The molecule has 7 atom stereocenters. The molecule has 37 heavy (non-hydrogen) atoms. The monoisotopic (exact) mass is 505 g/mol. The molecule has 2 saturated carbocycles. The van der Waals surface area contributed by atoms with Gasteiger partial charge >= 0.3 is 5.97 Å². The van der Waals surface area contributed by atoms with Gasteiger partial charge in [-0.2, -0.15) is 0 Å². The quantitative estimate of drug-likeness (QED) is 0.529. The van der Waals surface area contributed by atoms with Crippen molar-refractivity contribution in [3.8, 4) is 0 Å². The van der Waals surface area contributed by atoms with Crippen LogP contribution in [0.1, 0.15) is 107 Å². The number of para-hydroxylation sites is 2. The summed E-state index contributed by atoms with van der Waals surface area (Å²) in [7, 11) is 0. The summed E-state index contributed by atoms with van der Waals surface area (Å²) in [4.78, 5) is 32.4. The fourth-order valence-electron chi connectivity index (χ4n) is 8.74. The third-order valence-electron chi connectivity index (χ3n) is 10.4. The Morgan fingerprint density at radius 3 is 2.03 bits per heavy atom. The third kappa shape index (κ3) is 4.75. The molecular formula is C31H43N3O3. The van der Waals surface area contributed by atoms with E-state index in [1.54, 1.807) is 4.57 Å². The van der Waals surface area contributed by atoms with Gasteiger partial charge in [0, 0.05) is 24.2 Å². The highest BCUT2D eigenvalue weighted by molar-refractivity contribution is 5.88. The highest BCUT2D eigenvalue weighted by Gasteiger charge is 2.44. The molecule has 0 amide bonds. The van der Waals surface area contributed by atoms with Crippen molar-refractivity contribution in [2.45, 2.75) is 115 Å². The number of fused-ring (bicyclic) bond motifs is 3.